The van der Waals surface area contributed by atoms with E-state index in [1.54, 1.807) is 6.92 Å². The normalized spacial score (nSPS) is 18.9. The molecular formula is C18H14ClF4N3O3. The molecule has 0 aliphatic carbocycles. The maximum absolute atomic E-state index is 14.5. The fraction of sp³-hybridized carbons (Fsp3) is 0.333. The number of hydrogen-bond acceptors (Lipinski definition) is 6. The molecule has 0 spiro atoms. The summed E-state index contributed by atoms with van der Waals surface area (Å²) in [5, 5.41) is 3.70. The Morgan fingerprint density at radius 2 is 1.97 bits per heavy atom. The number of nitrogens with zero attached hydrogens (tertiary/aromatic N) is 3. The number of halogens is 5. The molecule has 1 aromatic heterocycles. The Balaban J connectivity index is 2.05. The van der Waals surface area contributed by atoms with E-state index < -0.39 is 40.5 Å². The Labute approximate surface area is 167 Å². The molecule has 6 nitrogen and oxygen atoms in total. The number of oxime groups is 1. The van der Waals surface area contributed by atoms with Gasteiger partial charge in [0.2, 0.25) is 5.60 Å². The SMILES string of the molecule is CCOC(=O)C1(C)CC(c2cc(-c3nccnc3C(F)(F)F)c(F)cc2Cl)=NO1. The minimum absolute atomic E-state index is 0.0662. The maximum atomic E-state index is 14.5. The van der Waals surface area contributed by atoms with Gasteiger partial charge in [-0.25, -0.2) is 14.2 Å². The molecule has 0 bridgehead atoms. The number of ether oxygens (including phenoxy) is 1. The van der Waals surface area contributed by atoms with Crippen molar-refractivity contribution in [3.05, 3.63) is 46.6 Å². The fourth-order valence-corrected chi connectivity index (χ4v) is 3.03. The van der Waals surface area contributed by atoms with E-state index >= 15 is 0 Å². The quantitative estimate of drug-likeness (QED) is 0.530. The number of rotatable bonds is 4. The van der Waals surface area contributed by atoms with Crippen LogP contribution in [0.3, 0.4) is 0 Å². The van der Waals surface area contributed by atoms with Crippen LogP contribution in [0.15, 0.2) is 29.7 Å². The zero-order chi connectivity index (χ0) is 21.4. The predicted molar refractivity (Wildman–Crippen MR) is 94.7 cm³/mol. The van der Waals surface area contributed by atoms with Crippen molar-refractivity contribution < 1.29 is 31.9 Å². The highest BCUT2D eigenvalue weighted by molar-refractivity contribution is 6.34. The van der Waals surface area contributed by atoms with Crippen LogP contribution in [0.2, 0.25) is 5.02 Å². The van der Waals surface area contributed by atoms with Crippen LogP contribution >= 0.6 is 11.6 Å². The van der Waals surface area contributed by atoms with E-state index in [0.717, 1.165) is 24.5 Å². The standard InChI is InChI=1S/C18H14ClF4N3O3/c1-3-28-16(27)17(2)8-13(26-29-17)9-6-10(12(20)7-11(9)19)14-15(18(21,22)23)25-5-4-24-14/h4-7H,3,8H2,1-2H3. The molecule has 2 heterocycles. The molecule has 3 rings (SSSR count). The third kappa shape index (κ3) is 4.02. The molecule has 154 valence electrons. The number of aromatic nitrogens is 2. The summed E-state index contributed by atoms with van der Waals surface area (Å²) < 4.78 is 59.2. The van der Waals surface area contributed by atoms with Gasteiger partial charge in [-0.1, -0.05) is 16.8 Å². The fourth-order valence-electron chi connectivity index (χ4n) is 2.77. The van der Waals surface area contributed by atoms with Crippen LogP contribution in [0.4, 0.5) is 17.6 Å². The first-order valence-electron chi connectivity index (χ1n) is 8.37. The number of carbonyl (C=O) groups excluding carboxylic acids is 1. The number of hydrogen-bond donors (Lipinski definition) is 0. The first-order chi connectivity index (χ1) is 13.6. The van der Waals surface area contributed by atoms with Gasteiger partial charge in [-0.15, -0.1) is 0 Å². The number of esters is 1. The van der Waals surface area contributed by atoms with Gasteiger partial charge >= 0.3 is 12.1 Å². The maximum Gasteiger partial charge on any atom is 0.435 e. The lowest BCUT2D eigenvalue weighted by Crippen LogP contribution is -2.37. The van der Waals surface area contributed by atoms with Crippen molar-refractivity contribution >= 4 is 23.3 Å². The van der Waals surface area contributed by atoms with Gasteiger partial charge in [-0.05, 0) is 26.0 Å². The van der Waals surface area contributed by atoms with Gasteiger partial charge in [0.1, 0.15) is 11.5 Å². The van der Waals surface area contributed by atoms with Crippen molar-refractivity contribution in [1.82, 2.24) is 9.97 Å². The molecule has 1 unspecified atom stereocenters. The molecular weight excluding hydrogens is 418 g/mol. The Kier molecular flexibility index (Phi) is 5.48. The van der Waals surface area contributed by atoms with E-state index in [9.17, 15) is 22.4 Å². The average molecular weight is 432 g/mol. The summed E-state index contributed by atoms with van der Waals surface area (Å²) in [5.74, 6) is -1.68. The lowest BCUT2D eigenvalue weighted by Gasteiger charge is -2.18. The van der Waals surface area contributed by atoms with Gasteiger partial charge in [0.25, 0.3) is 0 Å². The Morgan fingerprint density at radius 1 is 1.28 bits per heavy atom. The molecule has 0 fully saturated rings. The van der Waals surface area contributed by atoms with Gasteiger partial charge in [0.05, 0.1) is 17.3 Å². The van der Waals surface area contributed by atoms with Crippen molar-refractivity contribution in [1.29, 1.82) is 0 Å². The summed E-state index contributed by atoms with van der Waals surface area (Å²) in [6, 6.07) is 1.93. The van der Waals surface area contributed by atoms with Gasteiger partial charge in [-0.2, -0.15) is 13.2 Å². The largest absolute Gasteiger partial charge is 0.463 e. The molecule has 0 saturated carbocycles. The van der Waals surface area contributed by atoms with Crippen molar-refractivity contribution in [3.63, 3.8) is 0 Å². The first kappa shape index (κ1) is 21.0. The molecule has 2 aromatic rings. The van der Waals surface area contributed by atoms with Crippen molar-refractivity contribution in [3.8, 4) is 11.3 Å². The summed E-state index contributed by atoms with van der Waals surface area (Å²) in [7, 11) is 0. The molecule has 1 atom stereocenters. The monoisotopic (exact) mass is 431 g/mol. The van der Waals surface area contributed by atoms with E-state index in [1.165, 1.54) is 6.92 Å². The van der Waals surface area contributed by atoms with Crippen LogP contribution in [-0.2, 0) is 20.5 Å². The van der Waals surface area contributed by atoms with Crippen LogP contribution in [0, 0.1) is 5.82 Å². The summed E-state index contributed by atoms with van der Waals surface area (Å²) in [6.45, 7) is 3.20. The van der Waals surface area contributed by atoms with Gasteiger partial charge < -0.3 is 9.57 Å². The summed E-state index contributed by atoms with van der Waals surface area (Å²) in [5.41, 5.74) is -3.65. The molecule has 1 aromatic carbocycles. The molecule has 1 aliphatic rings. The Morgan fingerprint density at radius 3 is 2.62 bits per heavy atom. The third-order valence-corrected chi connectivity index (χ3v) is 4.47. The summed E-state index contributed by atoms with van der Waals surface area (Å²) in [4.78, 5) is 24.2. The van der Waals surface area contributed by atoms with Crippen molar-refractivity contribution in [2.75, 3.05) is 6.61 Å². The van der Waals surface area contributed by atoms with Gasteiger partial charge in [-0.3, -0.25) is 4.98 Å². The van der Waals surface area contributed by atoms with Crippen molar-refractivity contribution in [2.24, 2.45) is 5.16 Å². The van der Waals surface area contributed by atoms with E-state index in [4.69, 9.17) is 21.2 Å². The first-order valence-corrected chi connectivity index (χ1v) is 8.75. The number of carbonyl (C=O) groups is 1. The smallest absolute Gasteiger partial charge is 0.435 e. The lowest BCUT2D eigenvalue weighted by molar-refractivity contribution is -0.166. The Hall–Kier alpha value is -2.75. The highest BCUT2D eigenvalue weighted by Gasteiger charge is 2.44. The molecule has 29 heavy (non-hydrogen) atoms. The molecule has 0 radical (unpaired) electrons. The third-order valence-electron chi connectivity index (χ3n) is 4.16. The second-order valence-electron chi connectivity index (χ2n) is 6.32. The lowest BCUT2D eigenvalue weighted by atomic mass is 9.94. The van der Waals surface area contributed by atoms with Crippen molar-refractivity contribution in [2.45, 2.75) is 32.0 Å². The molecule has 0 amide bonds. The van der Waals surface area contributed by atoms with Crippen LogP contribution < -0.4 is 0 Å². The highest BCUT2D eigenvalue weighted by atomic mass is 35.5. The minimum atomic E-state index is -4.84. The minimum Gasteiger partial charge on any atom is -0.463 e. The number of alkyl halides is 3. The zero-order valence-electron chi connectivity index (χ0n) is 15.2. The van der Waals surface area contributed by atoms with E-state index in [0.29, 0.717) is 0 Å². The molecule has 11 heteroatoms. The summed E-state index contributed by atoms with van der Waals surface area (Å²) >= 11 is 6.08. The average Bonchev–Trinajstić information content (AvgIpc) is 3.05. The Bertz CT molecular complexity index is 997. The van der Waals surface area contributed by atoms with E-state index in [2.05, 4.69) is 15.1 Å². The van der Waals surface area contributed by atoms with Crippen LogP contribution in [-0.4, -0.2) is 33.9 Å². The topological polar surface area (TPSA) is 73.7 Å². The highest BCUT2D eigenvalue weighted by Crippen LogP contribution is 2.38. The zero-order valence-corrected chi connectivity index (χ0v) is 15.9. The second-order valence-corrected chi connectivity index (χ2v) is 6.73. The predicted octanol–water partition coefficient (Wildman–Crippen LogP) is 4.40. The van der Waals surface area contributed by atoms with Crippen LogP contribution in [0.1, 0.15) is 31.5 Å². The second kappa shape index (κ2) is 7.58. The molecule has 0 N–H and O–H groups in total. The van der Waals surface area contributed by atoms with E-state index in [-0.39, 0.29) is 29.3 Å². The molecule has 0 saturated heterocycles. The number of benzene rings is 1. The van der Waals surface area contributed by atoms with Gasteiger partial charge in [0.15, 0.2) is 5.69 Å². The van der Waals surface area contributed by atoms with E-state index in [1.807, 2.05) is 0 Å². The van der Waals surface area contributed by atoms with Gasteiger partial charge in [0, 0.05) is 29.9 Å². The summed E-state index contributed by atoms with van der Waals surface area (Å²) in [6.07, 6.45) is -3.03. The van der Waals surface area contributed by atoms with Crippen LogP contribution in [0.5, 0.6) is 0 Å². The molecule has 1 aliphatic heterocycles. The van der Waals surface area contributed by atoms with Crippen LogP contribution in [0.25, 0.3) is 11.3 Å².